The van der Waals surface area contributed by atoms with Crippen molar-refractivity contribution in [1.82, 2.24) is 9.55 Å². The van der Waals surface area contributed by atoms with Crippen LogP contribution in [-0.2, 0) is 16.7 Å². The van der Waals surface area contributed by atoms with Gasteiger partial charge in [0.15, 0.2) is 11.6 Å². The number of halogens is 1. The lowest BCUT2D eigenvalue weighted by molar-refractivity contribution is 0.414. The molecule has 0 saturated carbocycles. The first kappa shape index (κ1) is 28.3. The molecule has 8 nitrogen and oxygen atoms in total. The van der Waals surface area contributed by atoms with Crippen molar-refractivity contribution in [1.29, 1.82) is 0 Å². The first-order valence-corrected chi connectivity index (χ1v) is 15.0. The van der Waals surface area contributed by atoms with Crippen molar-refractivity contribution >= 4 is 32.6 Å². The maximum Gasteiger partial charge on any atom is 0.339 e. The van der Waals surface area contributed by atoms with E-state index in [1.165, 1.54) is 23.0 Å². The molecule has 0 unspecified atom stereocenters. The van der Waals surface area contributed by atoms with E-state index in [1.54, 1.807) is 56.5 Å². The van der Waals surface area contributed by atoms with Gasteiger partial charge in [-0.05, 0) is 59.2 Å². The van der Waals surface area contributed by atoms with Crippen molar-refractivity contribution in [3.63, 3.8) is 0 Å². The lowest BCUT2D eigenvalue weighted by Crippen LogP contribution is -2.25. The molecule has 0 aliphatic rings. The fourth-order valence-electron chi connectivity index (χ4n) is 4.87. The molecule has 0 aliphatic carbocycles. The topological polar surface area (TPSA) is 101 Å². The van der Waals surface area contributed by atoms with Gasteiger partial charge in [-0.1, -0.05) is 66.2 Å². The van der Waals surface area contributed by atoms with E-state index in [4.69, 9.17) is 24.9 Å². The normalized spacial score (nSPS) is 11.5. The summed E-state index contributed by atoms with van der Waals surface area (Å²) in [5, 5.41) is 0.652. The lowest BCUT2D eigenvalue weighted by atomic mass is 10.1. The van der Waals surface area contributed by atoms with Crippen LogP contribution in [0.5, 0.6) is 11.5 Å². The lowest BCUT2D eigenvalue weighted by Gasteiger charge is -2.18. The number of hydrogen-bond donors (Lipinski definition) is 0. The van der Waals surface area contributed by atoms with Gasteiger partial charge in [0.05, 0.1) is 19.2 Å². The average Bonchev–Trinajstić information content (AvgIpc) is 3.45. The molecule has 43 heavy (non-hydrogen) atoms. The Morgan fingerprint density at radius 3 is 2.26 bits per heavy atom. The molecule has 0 fully saturated rings. The third kappa shape index (κ3) is 5.64. The van der Waals surface area contributed by atoms with E-state index in [-0.39, 0.29) is 28.4 Å². The molecule has 10 heteroatoms. The molecule has 6 aromatic rings. The Morgan fingerprint density at radius 2 is 1.60 bits per heavy atom. The van der Waals surface area contributed by atoms with Crippen LogP contribution in [0.2, 0.25) is 5.02 Å². The van der Waals surface area contributed by atoms with Crippen LogP contribution >= 0.6 is 11.6 Å². The fourth-order valence-corrected chi connectivity index (χ4v) is 6.00. The minimum Gasteiger partial charge on any atom is -0.497 e. The van der Waals surface area contributed by atoms with Crippen molar-refractivity contribution in [2.45, 2.75) is 18.4 Å². The van der Waals surface area contributed by atoms with Crippen molar-refractivity contribution in [2.24, 2.45) is 0 Å². The summed E-state index contributed by atoms with van der Waals surface area (Å²) in [5.74, 6) is 0.791. The Morgan fingerprint density at radius 1 is 0.907 bits per heavy atom. The maximum absolute atomic E-state index is 14.2. The van der Waals surface area contributed by atoms with Gasteiger partial charge in [-0.3, -0.25) is 4.79 Å². The van der Waals surface area contributed by atoms with Gasteiger partial charge < -0.3 is 17.9 Å². The molecule has 0 radical (unpaired) electrons. The van der Waals surface area contributed by atoms with E-state index < -0.39 is 15.7 Å². The molecule has 0 bridgehead atoms. The molecular formula is C33H25ClN2O6S. The van der Waals surface area contributed by atoms with Gasteiger partial charge >= 0.3 is 10.1 Å². The molecule has 4 aromatic carbocycles. The summed E-state index contributed by atoms with van der Waals surface area (Å²) >= 11 is 6.40. The second-order valence-electron chi connectivity index (χ2n) is 9.78. The van der Waals surface area contributed by atoms with Gasteiger partial charge in [-0.2, -0.15) is 8.42 Å². The van der Waals surface area contributed by atoms with Crippen LogP contribution in [0, 0.1) is 6.92 Å². The zero-order valence-corrected chi connectivity index (χ0v) is 24.7. The highest BCUT2D eigenvalue weighted by Gasteiger charge is 2.27. The molecule has 0 aliphatic heterocycles. The van der Waals surface area contributed by atoms with E-state index >= 15 is 0 Å². The minimum atomic E-state index is -4.40. The van der Waals surface area contributed by atoms with Crippen molar-refractivity contribution in [3.8, 4) is 33.9 Å². The number of aryl methyl sites for hydroxylation is 1. The smallest absolute Gasteiger partial charge is 0.339 e. The predicted octanol–water partition coefficient (Wildman–Crippen LogP) is 7.11. The summed E-state index contributed by atoms with van der Waals surface area (Å²) in [5.41, 5.74) is 2.60. The number of fused-ring (bicyclic) bond motifs is 1. The Kier molecular flexibility index (Phi) is 7.52. The predicted molar refractivity (Wildman–Crippen MR) is 165 cm³/mol. The van der Waals surface area contributed by atoms with Crippen LogP contribution < -0.4 is 14.5 Å². The highest BCUT2D eigenvalue weighted by Crippen LogP contribution is 2.37. The van der Waals surface area contributed by atoms with Gasteiger partial charge in [-0.25, -0.2) is 4.98 Å². The van der Waals surface area contributed by atoms with Gasteiger partial charge in [0, 0.05) is 17.3 Å². The number of pyridine rings is 1. The van der Waals surface area contributed by atoms with Crippen LogP contribution in [0.25, 0.3) is 33.3 Å². The Balaban J connectivity index is 1.51. The minimum absolute atomic E-state index is 0.0652. The van der Waals surface area contributed by atoms with Crippen molar-refractivity contribution < 1.29 is 21.8 Å². The van der Waals surface area contributed by atoms with E-state index in [0.717, 1.165) is 16.7 Å². The zero-order chi connectivity index (χ0) is 30.1. The van der Waals surface area contributed by atoms with E-state index in [2.05, 4.69) is 4.98 Å². The van der Waals surface area contributed by atoms with Gasteiger partial charge in [0.2, 0.25) is 0 Å². The molecule has 216 valence electrons. The maximum atomic E-state index is 14.2. The fraction of sp³-hybridized carbons (Fsp3) is 0.0909. The third-order valence-corrected chi connectivity index (χ3v) is 8.47. The summed E-state index contributed by atoms with van der Waals surface area (Å²) in [6, 6.07) is 28.1. The number of ether oxygens (including phenoxy) is 1. The average molecular weight is 613 g/mol. The molecule has 2 heterocycles. The van der Waals surface area contributed by atoms with Crippen LogP contribution in [0.1, 0.15) is 11.5 Å². The largest absolute Gasteiger partial charge is 0.497 e. The van der Waals surface area contributed by atoms with Crippen LogP contribution in [0.4, 0.5) is 0 Å². The molecule has 6 rings (SSSR count). The second kappa shape index (κ2) is 11.4. The van der Waals surface area contributed by atoms with Crippen LogP contribution in [0.15, 0.2) is 117 Å². The van der Waals surface area contributed by atoms with Gasteiger partial charge in [0.1, 0.15) is 28.2 Å². The van der Waals surface area contributed by atoms with Crippen molar-refractivity contribution in [2.75, 3.05) is 7.11 Å². The highest BCUT2D eigenvalue weighted by molar-refractivity contribution is 7.87. The number of oxazole rings is 1. The highest BCUT2D eigenvalue weighted by atomic mass is 35.5. The van der Waals surface area contributed by atoms with E-state index in [9.17, 15) is 13.2 Å². The van der Waals surface area contributed by atoms with Crippen LogP contribution in [-0.4, -0.2) is 25.1 Å². The number of nitrogens with zero attached hydrogens (tertiary/aromatic N) is 2. The first-order chi connectivity index (χ1) is 20.7. The van der Waals surface area contributed by atoms with Crippen LogP contribution in [0.3, 0.4) is 0 Å². The Labute approximate surface area is 252 Å². The summed E-state index contributed by atoms with van der Waals surface area (Å²) < 4.78 is 45.4. The number of hydrogen-bond acceptors (Lipinski definition) is 7. The molecular weight excluding hydrogens is 588 g/mol. The molecule has 0 N–H and O–H groups in total. The number of methoxy groups -OCH3 is 1. The SMILES string of the molecule is COc1ccc(Cn2c(=O)c(-c3coc(C)n3)c(OS(=O)(=O)c3ccc(-c4ccccc4)cc3)c3cc(Cl)ccc32)cc1. The zero-order valence-electron chi connectivity index (χ0n) is 23.2. The number of aromatic nitrogens is 2. The third-order valence-electron chi connectivity index (χ3n) is 7.00. The molecule has 0 spiro atoms. The van der Waals surface area contributed by atoms with E-state index in [0.29, 0.717) is 27.6 Å². The summed E-state index contributed by atoms with van der Waals surface area (Å²) in [6.45, 7) is 1.81. The second-order valence-corrected chi connectivity index (χ2v) is 11.8. The molecule has 0 amide bonds. The monoisotopic (exact) mass is 612 g/mol. The van der Waals surface area contributed by atoms with Gasteiger partial charge in [0.25, 0.3) is 5.56 Å². The molecule has 2 aromatic heterocycles. The standard InChI is InChI=1S/C33H25ClN2O6S/c1-21-35-29(20-41-21)31-32(42-43(38,39)27-15-10-24(11-16-27)23-6-4-3-5-7-23)28-18-25(34)12-17-30(28)36(33(31)37)19-22-8-13-26(40-2)14-9-22/h3-18,20H,19H2,1-2H3. The first-order valence-electron chi connectivity index (χ1n) is 13.2. The summed E-state index contributed by atoms with van der Waals surface area (Å²) in [4.78, 5) is 18.5. The number of benzene rings is 4. The summed E-state index contributed by atoms with van der Waals surface area (Å²) in [7, 11) is -2.82. The van der Waals surface area contributed by atoms with Crippen molar-refractivity contribution in [3.05, 3.63) is 130 Å². The quantitative estimate of drug-likeness (QED) is 0.169. The summed E-state index contributed by atoms with van der Waals surface area (Å²) in [6.07, 6.45) is 1.30. The Hall–Kier alpha value is -4.86. The molecule has 0 saturated heterocycles. The number of rotatable bonds is 8. The van der Waals surface area contributed by atoms with E-state index in [1.807, 2.05) is 42.5 Å². The Bertz CT molecular complexity index is 2100. The molecule has 0 atom stereocenters. The van der Waals surface area contributed by atoms with Gasteiger partial charge in [-0.15, -0.1) is 0 Å².